The van der Waals surface area contributed by atoms with Gasteiger partial charge in [0, 0.05) is 18.2 Å². The number of methoxy groups -OCH3 is 1. The number of hydrogen-bond donors (Lipinski definition) is 3. The van der Waals surface area contributed by atoms with Crippen LogP contribution in [0.15, 0.2) is 24.3 Å². The van der Waals surface area contributed by atoms with E-state index in [-0.39, 0.29) is 30.2 Å². The van der Waals surface area contributed by atoms with Gasteiger partial charge in [0.1, 0.15) is 11.9 Å². The average Bonchev–Trinajstić information content (AvgIpc) is 2.65. The Bertz CT molecular complexity index is 627. The summed E-state index contributed by atoms with van der Waals surface area (Å²) in [5.41, 5.74) is 0.885. The fourth-order valence-electron chi connectivity index (χ4n) is 3.40. The molecule has 3 N–H and O–H groups in total. The summed E-state index contributed by atoms with van der Waals surface area (Å²) in [7, 11) is 1.61. The monoisotopic (exact) mass is 378 g/mol. The first-order valence-electron chi connectivity index (χ1n) is 9.46. The van der Waals surface area contributed by atoms with Gasteiger partial charge in [0.2, 0.25) is 0 Å². The molecule has 0 aliphatic heterocycles. The molecule has 0 radical (unpaired) electrons. The Kier molecular flexibility index (Phi) is 7.91. The molecule has 1 aromatic carbocycles. The molecule has 7 heteroatoms. The Morgan fingerprint density at radius 1 is 1.19 bits per heavy atom. The number of carboxylic acids is 1. The smallest absolute Gasteiger partial charge is 0.315 e. The lowest BCUT2D eigenvalue weighted by atomic mass is 9.86. The second kappa shape index (κ2) is 10.2. The summed E-state index contributed by atoms with van der Waals surface area (Å²) in [6.07, 6.45) is 2.23. The molecule has 0 bridgehead atoms. The van der Waals surface area contributed by atoms with Crippen molar-refractivity contribution in [3.8, 4) is 5.75 Å². The van der Waals surface area contributed by atoms with Crippen molar-refractivity contribution in [2.24, 2.45) is 5.92 Å². The van der Waals surface area contributed by atoms with Crippen LogP contribution in [-0.2, 0) is 9.53 Å². The van der Waals surface area contributed by atoms with Crippen LogP contribution in [0.2, 0.25) is 0 Å². The third-order valence-corrected chi connectivity index (χ3v) is 4.78. The summed E-state index contributed by atoms with van der Waals surface area (Å²) in [6.45, 7) is 4.21. The Hall–Kier alpha value is -2.28. The second-order valence-electron chi connectivity index (χ2n) is 7.16. The quantitative estimate of drug-likeness (QED) is 0.646. The summed E-state index contributed by atoms with van der Waals surface area (Å²) in [5.74, 6) is -0.318. The molecular formula is C20H30N2O5. The Balaban J connectivity index is 1.89. The van der Waals surface area contributed by atoms with E-state index in [1.54, 1.807) is 7.11 Å². The molecule has 0 heterocycles. The van der Waals surface area contributed by atoms with E-state index in [4.69, 9.17) is 14.6 Å². The fourth-order valence-corrected chi connectivity index (χ4v) is 3.40. The summed E-state index contributed by atoms with van der Waals surface area (Å²) in [5, 5.41) is 14.9. The number of carboxylic acid groups (broad SMARTS) is 1. The van der Waals surface area contributed by atoms with Crippen molar-refractivity contribution in [2.45, 2.75) is 57.8 Å². The van der Waals surface area contributed by atoms with Gasteiger partial charge in [-0.2, -0.15) is 0 Å². The Morgan fingerprint density at radius 3 is 2.44 bits per heavy atom. The highest BCUT2D eigenvalue weighted by molar-refractivity contribution is 5.74. The lowest BCUT2D eigenvalue weighted by Gasteiger charge is -2.27. The minimum Gasteiger partial charge on any atom is -0.496 e. The minimum absolute atomic E-state index is 0.00364. The number of amides is 2. The summed E-state index contributed by atoms with van der Waals surface area (Å²) < 4.78 is 11.4. The zero-order valence-corrected chi connectivity index (χ0v) is 16.2. The number of carbonyl (C=O) groups is 2. The predicted molar refractivity (Wildman–Crippen MR) is 102 cm³/mol. The van der Waals surface area contributed by atoms with Gasteiger partial charge >= 0.3 is 12.0 Å². The fraction of sp³-hybridized carbons (Fsp3) is 0.600. The first kappa shape index (κ1) is 21.0. The molecule has 150 valence electrons. The third kappa shape index (κ3) is 6.43. The molecule has 1 fully saturated rings. The zero-order valence-electron chi connectivity index (χ0n) is 16.2. The van der Waals surface area contributed by atoms with Crippen molar-refractivity contribution in [3.63, 3.8) is 0 Å². The van der Waals surface area contributed by atoms with Crippen molar-refractivity contribution in [2.75, 3.05) is 13.7 Å². The van der Waals surface area contributed by atoms with E-state index in [0.29, 0.717) is 32.2 Å². The number of nitrogens with one attached hydrogen (secondary N) is 2. The molecule has 1 aliphatic carbocycles. The number of ether oxygens (including phenoxy) is 2. The summed E-state index contributed by atoms with van der Waals surface area (Å²) in [6, 6.07) is 7.35. The average molecular weight is 378 g/mol. The van der Waals surface area contributed by atoms with Crippen molar-refractivity contribution in [3.05, 3.63) is 29.8 Å². The maximum atomic E-state index is 12.3. The highest BCUT2D eigenvalue weighted by Gasteiger charge is 2.27. The van der Waals surface area contributed by atoms with Gasteiger partial charge in [0.15, 0.2) is 0 Å². The summed E-state index contributed by atoms with van der Waals surface area (Å²) >= 11 is 0. The molecular weight excluding hydrogens is 348 g/mol. The Labute approximate surface area is 160 Å². The van der Waals surface area contributed by atoms with Crippen LogP contribution in [0.3, 0.4) is 0 Å². The maximum Gasteiger partial charge on any atom is 0.315 e. The molecule has 1 aromatic rings. The van der Waals surface area contributed by atoms with Gasteiger partial charge in [-0.3, -0.25) is 4.79 Å². The number of benzene rings is 1. The standard InChI is InChI=1S/C20H30N2O5/c1-13(2)27-18(16-6-4-5-7-17(16)26-3)12-21-20(25)22-15-10-8-14(9-11-15)19(23)24/h4-7,13-15,18H,8-12H2,1-3H3,(H,23,24)(H2,21,22,25). The van der Waals surface area contributed by atoms with Crippen LogP contribution in [0, 0.1) is 5.92 Å². The van der Waals surface area contributed by atoms with Crippen LogP contribution in [-0.4, -0.2) is 42.9 Å². The lowest BCUT2D eigenvalue weighted by Crippen LogP contribution is -2.45. The molecule has 1 saturated carbocycles. The number of para-hydroxylation sites is 1. The van der Waals surface area contributed by atoms with E-state index in [2.05, 4.69) is 10.6 Å². The normalized spacial score (nSPS) is 20.7. The van der Waals surface area contributed by atoms with Crippen LogP contribution in [0.5, 0.6) is 5.75 Å². The molecule has 1 atom stereocenters. The molecule has 2 amide bonds. The lowest BCUT2D eigenvalue weighted by molar-refractivity contribution is -0.142. The van der Waals surface area contributed by atoms with Crippen molar-refractivity contribution < 1.29 is 24.2 Å². The minimum atomic E-state index is -0.747. The SMILES string of the molecule is COc1ccccc1C(CNC(=O)NC1CCC(C(=O)O)CC1)OC(C)C. The first-order chi connectivity index (χ1) is 12.9. The molecule has 1 aliphatic rings. The predicted octanol–water partition coefficient (Wildman–Crippen LogP) is 3.10. The van der Waals surface area contributed by atoms with Gasteiger partial charge in [-0.1, -0.05) is 18.2 Å². The number of aliphatic carboxylic acids is 1. The van der Waals surface area contributed by atoms with Crippen LogP contribution in [0.1, 0.15) is 51.2 Å². The number of carbonyl (C=O) groups excluding carboxylic acids is 1. The third-order valence-electron chi connectivity index (χ3n) is 4.78. The van der Waals surface area contributed by atoms with Gasteiger partial charge in [-0.05, 0) is 45.6 Å². The van der Waals surface area contributed by atoms with Gasteiger partial charge in [0.05, 0.1) is 19.1 Å². The summed E-state index contributed by atoms with van der Waals surface area (Å²) in [4.78, 5) is 23.3. The molecule has 0 saturated heterocycles. The van der Waals surface area contributed by atoms with Gasteiger partial charge in [0.25, 0.3) is 0 Å². The van der Waals surface area contributed by atoms with E-state index >= 15 is 0 Å². The van der Waals surface area contributed by atoms with Crippen LogP contribution >= 0.6 is 0 Å². The highest BCUT2D eigenvalue weighted by atomic mass is 16.5. The number of urea groups is 1. The van der Waals surface area contributed by atoms with Crippen molar-refractivity contribution in [1.82, 2.24) is 10.6 Å². The van der Waals surface area contributed by atoms with E-state index in [1.807, 2.05) is 38.1 Å². The molecule has 2 rings (SSSR count). The van der Waals surface area contributed by atoms with E-state index < -0.39 is 5.97 Å². The van der Waals surface area contributed by atoms with Crippen LogP contribution in [0.4, 0.5) is 4.79 Å². The molecule has 0 spiro atoms. The molecule has 27 heavy (non-hydrogen) atoms. The first-order valence-corrected chi connectivity index (χ1v) is 9.46. The zero-order chi connectivity index (χ0) is 19.8. The molecule has 7 nitrogen and oxygen atoms in total. The number of rotatable bonds is 8. The van der Waals surface area contributed by atoms with E-state index in [1.165, 1.54) is 0 Å². The van der Waals surface area contributed by atoms with Gasteiger partial charge < -0.3 is 25.2 Å². The molecule has 1 unspecified atom stereocenters. The van der Waals surface area contributed by atoms with Crippen molar-refractivity contribution >= 4 is 12.0 Å². The van der Waals surface area contributed by atoms with Crippen LogP contribution in [0.25, 0.3) is 0 Å². The van der Waals surface area contributed by atoms with Crippen molar-refractivity contribution in [1.29, 1.82) is 0 Å². The number of hydrogen-bond acceptors (Lipinski definition) is 4. The van der Waals surface area contributed by atoms with Crippen LogP contribution < -0.4 is 15.4 Å². The van der Waals surface area contributed by atoms with E-state index in [0.717, 1.165) is 11.3 Å². The largest absolute Gasteiger partial charge is 0.496 e. The Morgan fingerprint density at radius 2 is 1.85 bits per heavy atom. The molecule has 0 aromatic heterocycles. The second-order valence-corrected chi connectivity index (χ2v) is 7.16. The topological polar surface area (TPSA) is 96.9 Å². The van der Waals surface area contributed by atoms with E-state index in [9.17, 15) is 9.59 Å². The van der Waals surface area contributed by atoms with Gasteiger partial charge in [-0.15, -0.1) is 0 Å². The maximum absolute atomic E-state index is 12.3. The highest BCUT2D eigenvalue weighted by Crippen LogP contribution is 2.28. The van der Waals surface area contributed by atoms with Gasteiger partial charge in [-0.25, -0.2) is 4.79 Å².